The SMILES string of the molecule is Cc1noc(CNC(=O)c2c(C)n[nH]c2C)n1. The molecule has 0 aliphatic heterocycles. The number of hydrogen-bond donors (Lipinski definition) is 2. The van der Waals surface area contributed by atoms with Crippen LogP contribution in [0.1, 0.15) is 33.5 Å². The van der Waals surface area contributed by atoms with E-state index in [1.807, 2.05) is 0 Å². The molecule has 0 aliphatic rings. The highest BCUT2D eigenvalue weighted by Crippen LogP contribution is 2.09. The predicted octanol–water partition coefficient (Wildman–Crippen LogP) is 0.648. The zero-order chi connectivity index (χ0) is 12.4. The van der Waals surface area contributed by atoms with Gasteiger partial charge in [0, 0.05) is 5.69 Å². The van der Waals surface area contributed by atoms with E-state index in [1.54, 1.807) is 20.8 Å². The average Bonchev–Trinajstić information content (AvgIpc) is 2.83. The van der Waals surface area contributed by atoms with E-state index in [1.165, 1.54) is 0 Å². The van der Waals surface area contributed by atoms with Gasteiger partial charge >= 0.3 is 0 Å². The zero-order valence-corrected chi connectivity index (χ0v) is 9.87. The quantitative estimate of drug-likeness (QED) is 0.814. The first-order valence-corrected chi connectivity index (χ1v) is 5.17. The van der Waals surface area contributed by atoms with Crippen molar-refractivity contribution in [3.63, 3.8) is 0 Å². The third-order valence-electron chi connectivity index (χ3n) is 2.32. The van der Waals surface area contributed by atoms with Crippen molar-refractivity contribution in [2.45, 2.75) is 27.3 Å². The van der Waals surface area contributed by atoms with E-state index >= 15 is 0 Å². The maximum atomic E-state index is 11.9. The molecule has 0 spiro atoms. The molecule has 0 aliphatic carbocycles. The van der Waals surface area contributed by atoms with Gasteiger partial charge in [0.2, 0.25) is 5.89 Å². The second kappa shape index (κ2) is 4.36. The summed E-state index contributed by atoms with van der Waals surface area (Å²) in [7, 11) is 0. The zero-order valence-electron chi connectivity index (χ0n) is 9.87. The molecule has 7 heteroatoms. The van der Waals surface area contributed by atoms with Gasteiger partial charge in [0.1, 0.15) is 0 Å². The Kier molecular flexibility index (Phi) is 2.90. The molecule has 0 aromatic carbocycles. The average molecular weight is 235 g/mol. The maximum Gasteiger partial charge on any atom is 0.255 e. The number of carbonyl (C=O) groups is 1. The Balaban J connectivity index is 2.03. The summed E-state index contributed by atoms with van der Waals surface area (Å²) in [5, 5.41) is 13.1. The van der Waals surface area contributed by atoms with E-state index in [-0.39, 0.29) is 12.5 Å². The first-order chi connectivity index (χ1) is 8.08. The lowest BCUT2D eigenvalue weighted by Gasteiger charge is -2.01. The number of aromatic amines is 1. The van der Waals surface area contributed by atoms with Crippen LogP contribution in [-0.2, 0) is 6.54 Å². The number of carbonyl (C=O) groups excluding carboxylic acids is 1. The van der Waals surface area contributed by atoms with E-state index in [0.717, 1.165) is 5.69 Å². The van der Waals surface area contributed by atoms with Gasteiger partial charge in [-0.05, 0) is 20.8 Å². The summed E-state index contributed by atoms with van der Waals surface area (Å²) < 4.78 is 4.89. The van der Waals surface area contributed by atoms with Gasteiger partial charge in [-0.2, -0.15) is 10.1 Å². The number of nitrogens with zero attached hydrogens (tertiary/aromatic N) is 3. The van der Waals surface area contributed by atoms with Crippen LogP contribution in [0.15, 0.2) is 4.52 Å². The molecule has 7 nitrogen and oxygen atoms in total. The Morgan fingerprint density at radius 1 is 1.41 bits per heavy atom. The van der Waals surface area contributed by atoms with Gasteiger partial charge < -0.3 is 9.84 Å². The van der Waals surface area contributed by atoms with Crippen LogP contribution in [0.25, 0.3) is 0 Å². The van der Waals surface area contributed by atoms with E-state index in [0.29, 0.717) is 23.0 Å². The van der Waals surface area contributed by atoms with Crippen molar-refractivity contribution in [3.8, 4) is 0 Å². The molecular weight excluding hydrogens is 222 g/mol. The summed E-state index contributed by atoms with van der Waals surface area (Å²) >= 11 is 0. The summed E-state index contributed by atoms with van der Waals surface area (Å²) in [5.74, 6) is 0.726. The molecule has 0 unspecified atom stereocenters. The number of nitrogens with one attached hydrogen (secondary N) is 2. The highest BCUT2D eigenvalue weighted by Gasteiger charge is 2.15. The summed E-state index contributed by atoms with van der Waals surface area (Å²) in [5.41, 5.74) is 1.96. The van der Waals surface area contributed by atoms with Crippen LogP contribution in [0.4, 0.5) is 0 Å². The monoisotopic (exact) mass is 235 g/mol. The van der Waals surface area contributed by atoms with E-state index < -0.39 is 0 Å². The number of rotatable bonds is 3. The third-order valence-corrected chi connectivity index (χ3v) is 2.32. The largest absolute Gasteiger partial charge is 0.343 e. The molecule has 2 heterocycles. The Hall–Kier alpha value is -2.18. The second-order valence-electron chi connectivity index (χ2n) is 3.73. The minimum atomic E-state index is -0.204. The fourth-order valence-electron chi connectivity index (χ4n) is 1.54. The highest BCUT2D eigenvalue weighted by atomic mass is 16.5. The van der Waals surface area contributed by atoms with Crippen molar-refractivity contribution < 1.29 is 9.32 Å². The number of H-pyrrole nitrogens is 1. The molecular formula is C10H13N5O2. The smallest absolute Gasteiger partial charge is 0.255 e. The molecule has 0 fully saturated rings. The number of aryl methyl sites for hydroxylation is 3. The van der Waals surface area contributed by atoms with Gasteiger partial charge in [0.05, 0.1) is 17.8 Å². The van der Waals surface area contributed by atoms with Crippen molar-refractivity contribution in [2.24, 2.45) is 0 Å². The predicted molar refractivity (Wildman–Crippen MR) is 58.3 cm³/mol. The summed E-state index contributed by atoms with van der Waals surface area (Å²) in [6.07, 6.45) is 0. The fourth-order valence-corrected chi connectivity index (χ4v) is 1.54. The lowest BCUT2D eigenvalue weighted by atomic mass is 10.2. The van der Waals surface area contributed by atoms with Crippen LogP contribution in [0.5, 0.6) is 0 Å². The number of hydrogen-bond acceptors (Lipinski definition) is 5. The van der Waals surface area contributed by atoms with Gasteiger partial charge in [0.15, 0.2) is 5.82 Å². The Labute approximate surface area is 97.6 Å². The standard InChI is InChI=1S/C10H13N5O2/c1-5-9(6(2)14-13-5)10(16)11-4-8-12-7(3)15-17-8/h4H2,1-3H3,(H,11,16)(H,13,14). The minimum absolute atomic E-state index is 0.204. The molecule has 2 rings (SSSR count). The van der Waals surface area contributed by atoms with Gasteiger partial charge in [-0.25, -0.2) is 0 Å². The van der Waals surface area contributed by atoms with Crippen molar-refractivity contribution in [1.29, 1.82) is 0 Å². The van der Waals surface area contributed by atoms with Crippen LogP contribution in [-0.4, -0.2) is 26.2 Å². The summed E-state index contributed by atoms with van der Waals surface area (Å²) in [6.45, 7) is 5.50. The molecule has 0 atom stereocenters. The van der Waals surface area contributed by atoms with Crippen molar-refractivity contribution in [3.05, 3.63) is 28.7 Å². The van der Waals surface area contributed by atoms with Gasteiger partial charge in [-0.3, -0.25) is 9.89 Å². The molecule has 1 amide bonds. The Morgan fingerprint density at radius 2 is 2.18 bits per heavy atom. The first-order valence-electron chi connectivity index (χ1n) is 5.17. The molecule has 0 saturated heterocycles. The lowest BCUT2D eigenvalue weighted by Crippen LogP contribution is -2.24. The van der Waals surface area contributed by atoms with Crippen LogP contribution >= 0.6 is 0 Å². The molecule has 17 heavy (non-hydrogen) atoms. The van der Waals surface area contributed by atoms with E-state index in [2.05, 4.69) is 25.7 Å². The van der Waals surface area contributed by atoms with Crippen molar-refractivity contribution in [1.82, 2.24) is 25.7 Å². The van der Waals surface area contributed by atoms with E-state index in [4.69, 9.17) is 4.52 Å². The third kappa shape index (κ3) is 2.32. The molecule has 0 saturated carbocycles. The molecule has 0 radical (unpaired) electrons. The van der Waals surface area contributed by atoms with Crippen molar-refractivity contribution in [2.75, 3.05) is 0 Å². The van der Waals surface area contributed by atoms with Crippen molar-refractivity contribution >= 4 is 5.91 Å². The van der Waals surface area contributed by atoms with Crippen LogP contribution in [0.3, 0.4) is 0 Å². The topological polar surface area (TPSA) is 96.7 Å². The lowest BCUT2D eigenvalue weighted by molar-refractivity contribution is 0.0945. The number of aromatic nitrogens is 4. The Bertz CT molecular complexity index is 523. The van der Waals surface area contributed by atoms with Gasteiger partial charge in [-0.1, -0.05) is 5.16 Å². The summed E-state index contributed by atoms with van der Waals surface area (Å²) in [6, 6.07) is 0. The molecule has 90 valence electrons. The summed E-state index contributed by atoms with van der Waals surface area (Å²) in [4.78, 5) is 15.9. The fraction of sp³-hybridized carbons (Fsp3) is 0.400. The molecule has 2 aromatic rings. The molecule has 2 aromatic heterocycles. The number of amides is 1. The van der Waals surface area contributed by atoms with Gasteiger partial charge in [0.25, 0.3) is 5.91 Å². The normalized spacial score (nSPS) is 10.5. The maximum absolute atomic E-state index is 11.9. The molecule has 0 bridgehead atoms. The van der Waals surface area contributed by atoms with Crippen LogP contribution in [0.2, 0.25) is 0 Å². The van der Waals surface area contributed by atoms with Crippen LogP contribution < -0.4 is 5.32 Å². The van der Waals surface area contributed by atoms with Gasteiger partial charge in [-0.15, -0.1) is 0 Å². The minimum Gasteiger partial charge on any atom is -0.343 e. The second-order valence-corrected chi connectivity index (χ2v) is 3.73. The first kappa shape index (κ1) is 11.3. The Morgan fingerprint density at radius 3 is 2.71 bits per heavy atom. The van der Waals surface area contributed by atoms with Crippen LogP contribution in [0, 0.1) is 20.8 Å². The highest BCUT2D eigenvalue weighted by molar-refractivity contribution is 5.96. The molecule has 2 N–H and O–H groups in total. The van der Waals surface area contributed by atoms with E-state index in [9.17, 15) is 4.79 Å².